The zero-order valence-electron chi connectivity index (χ0n) is 13.1. The fraction of sp³-hybridized carbons (Fsp3) is 0.750. The first-order chi connectivity index (χ1) is 9.80. The van der Waals surface area contributed by atoms with E-state index < -0.39 is 23.6 Å². The standard InChI is InChI=1S/C16H26O5/c1-5-14(18)20-10-11-7-8-12(17)13(9-11)21-15(19)16(3,4)6-2/h5,11-13,17H,1,6-10H2,2-4H3. The van der Waals surface area contributed by atoms with Crippen LogP contribution < -0.4 is 0 Å². The molecule has 5 heteroatoms. The lowest BCUT2D eigenvalue weighted by molar-refractivity contribution is -0.171. The summed E-state index contributed by atoms with van der Waals surface area (Å²) < 4.78 is 10.5. The number of aliphatic hydroxyl groups excluding tert-OH is 1. The molecule has 21 heavy (non-hydrogen) atoms. The molecule has 1 N–H and O–H groups in total. The zero-order chi connectivity index (χ0) is 16.0. The topological polar surface area (TPSA) is 72.8 Å². The summed E-state index contributed by atoms with van der Waals surface area (Å²) >= 11 is 0. The molecule has 1 fully saturated rings. The van der Waals surface area contributed by atoms with Crippen molar-refractivity contribution in [1.29, 1.82) is 0 Å². The van der Waals surface area contributed by atoms with E-state index in [9.17, 15) is 14.7 Å². The van der Waals surface area contributed by atoms with E-state index in [-0.39, 0.29) is 18.5 Å². The van der Waals surface area contributed by atoms with Gasteiger partial charge in [-0.2, -0.15) is 0 Å². The van der Waals surface area contributed by atoms with Gasteiger partial charge in [-0.15, -0.1) is 0 Å². The van der Waals surface area contributed by atoms with E-state index in [0.29, 0.717) is 19.3 Å². The molecule has 0 amide bonds. The van der Waals surface area contributed by atoms with E-state index in [0.717, 1.165) is 12.5 Å². The van der Waals surface area contributed by atoms with Crippen LogP contribution in [0.3, 0.4) is 0 Å². The van der Waals surface area contributed by atoms with Crippen LogP contribution in [0.4, 0.5) is 0 Å². The molecule has 3 atom stereocenters. The Balaban J connectivity index is 2.54. The van der Waals surface area contributed by atoms with Crippen molar-refractivity contribution in [2.24, 2.45) is 11.3 Å². The van der Waals surface area contributed by atoms with Crippen LogP contribution in [0, 0.1) is 11.3 Å². The molecule has 0 heterocycles. The summed E-state index contributed by atoms with van der Waals surface area (Å²) in [6.45, 7) is 9.19. The Bertz CT molecular complexity index is 388. The summed E-state index contributed by atoms with van der Waals surface area (Å²) in [5.74, 6) is -0.653. The molecule has 1 aliphatic carbocycles. The van der Waals surface area contributed by atoms with Crippen LogP contribution in [0.15, 0.2) is 12.7 Å². The van der Waals surface area contributed by atoms with Crippen LogP contribution in [0.25, 0.3) is 0 Å². The number of hydrogen-bond acceptors (Lipinski definition) is 5. The lowest BCUT2D eigenvalue weighted by Gasteiger charge is -2.34. The Morgan fingerprint density at radius 3 is 2.62 bits per heavy atom. The number of carbonyl (C=O) groups is 2. The minimum Gasteiger partial charge on any atom is -0.462 e. The maximum atomic E-state index is 12.1. The number of esters is 2. The van der Waals surface area contributed by atoms with Crippen LogP contribution >= 0.6 is 0 Å². The Morgan fingerprint density at radius 1 is 1.38 bits per heavy atom. The van der Waals surface area contributed by atoms with Gasteiger partial charge in [0.1, 0.15) is 6.10 Å². The number of aliphatic hydroxyl groups is 1. The SMILES string of the molecule is C=CC(=O)OCC1CCC(O)C(OC(=O)C(C)(C)CC)C1. The Kier molecular flexibility index (Phi) is 6.40. The first-order valence-corrected chi connectivity index (χ1v) is 7.48. The summed E-state index contributed by atoms with van der Waals surface area (Å²) in [6, 6.07) is 0. The summed E-state index contributed by atoms with van der Waals surface area (Å²) in [5.41, 5.74) is -0.554. The lowest BCUT2D eigenvalue weighted by Crippen LogP contribution is -2.41. The molecule has 0 saturated heterocycles. The van der Waals surface area contributed by atoms with Gasteiger partial charge >= 0.3 is 11.9 Å². The van der Waals surface area contributed by atoms with Crippen molar-refractivity contribution in [3.63, 3.8) is 0 Å². The molecule has 3 unspecified atom stereocenters. The van der Waals surface area contributed by atoms with Gasteiger partial charge in [-0.05, 0) is 45.4 Å². The molecular weight excluding hydrogens is 272 g/mol. The minimum absolute atomic E-state index is 0.0971. The van der Waals surface area contributed by atoms with Crippen LogP contribution in [-0.2, 0) is 19.1 Å². The molecule has 0 aromatic rings. The van der Waals surface area contributed by atoms with Gasteiger partial charge in [0, 0.05) is 6.08 Å². The molecule has 1 rings (SSSR count). The Labute approximate surface area is 126 Å². The van der Waals surface area contributed by atoms with Crippen LogP contribution in [0.1, 0.15) is 46.5 Å². The molecule has 1 saturated carbocycles. The van der Waals surface area contributed by atoms with Crippen LogP contribution in [-0.4, -0.2) is 35.9 Å². The van der Waals surface area contributed by atoms with E-state index >= 15 is 0 Å². The van der Waals surface area contributed by atoms with E-state index in [4.69, 9.17) is 9.47 Å². The highest BCUT2D eigenvalue weighted by molar-refractivity contribution is 5.81. The van der Waals surface area contributed by atoms with Gasteiger partial charge in [-0.1, -0.05) is 13.5 Å². The smallest absolute Gasteiger partial charge is 0.330 e. The Hall–Kier alpha value is -1.36. The molecule has 0 bridgehead atoms. The molecule has 0 spiro atoms. The molecule has 0 aromatic heterocycles. The summed E-state index contributed by atoms with van der Waals surface area (Å²) in [4.78, 5) is 23.2. The van der Waals surface area contributed by atoms with Gasteiger partial charge in [-0.3, -0.25) is 4.79 Å². The van der Waals surface area contributed by atoms with Crippen LogP contribution in [0.2, 0.25) is 0 Å². The largest absolute Gasteiger partial charge is 0.462 e. The molecule has 5 nitrogen and oxygen atoms in total. The number of carbonyl (C=O) groups excluding carboxylic acids is 2. The second-order valence-corrected chi connectivity index (χ2v) is 6.26. The van der Waals surface area contributed by atoms with E-state index in [1.807, 2.05) is 20.8 Å². The van der Waals surface area contributed by atoms with Crippen molar-refractivity contribution in [3.05, 3.63) is 12.7 Å². The van der Waals surface area contributed by atoms with Gasteiger partial charge in [0.15, 0.2) is 0 Å². The average Bonchev–Trinajstić information content (AvgIpc) is 2.47. The maximum Gasteiger partial charge on any atom is 0.330 e. The van der Waals surface area contributed by atoms with Crippen molar-refractivity contribution in [3.8, 4) is 0 Å². The monoisotopic (exact) mass is 298 g/mol. The molecule has 1 aliphatic rings. The van der Waals surface area contributed by atoms with Gasteiger partial charge in [0.25, 0.3) is 0 Å². The highest BCUT2D eigenvalue weighted by atomic mass is 16.6. The summed E-state index contributed by atoms with van der Waals surface area (Å²) in [7, 11) is 0. The molecule has 0 radical (unpaired) electrons. The fourth-order valence-electron chi connectivity index (χ4n) is 2.17. The number of ether oxygens (including phenoxy) is 2. The van der Waals surface area contributed by atoms with Gasteiger partial charge in [-0.25, -0.2) is 4.79 Å². The van der Waals surface area contributed by atoms with Crippen molar-refractivity contribution in [2.75, 3.05) is 6.61 Å². The van der Waals surface area contributed by atoms with Gasteiger partial charge in [0.05, 0.1) is 18.1 Å². The van der Waals surface area contributed by atoms with Gasteiger partial charge < -0.3 is 14.6 Å². The third kappa shape index (κ3) is 5.16. The minimum atomic E-state index is -0.645. The molecular formula is C16H26O5. The Morgan fingerprint density at radius 2 is 2.05 bits per heavy atom. The lowest BCUT2D eigenvalue weighted by atomic mass is 9.85. The third-order valence-electron chi connectivity index (χ3n) is 4.19. The van der Waals surface area contributed by atoms with Crippen LogP contribution in [0.5, 0.6) is 0 Å². The molecule has 0 aliphatic heterocycles. The van der Waals surface area contributed by atoms with Gasteiger partial charge in [0.2, 0.25) is 0 Å². The van der Waals surface area contributed by atoms with Crippen molar-refractivity contribution in [1.82, 2.24) is 0 Å². The first-order valence-electron chi connectivity index (χ1n) is 7.48. The predicted molar refractivity (Wildman–Crippen MR) is 78.5 cm³/mol. The predicted octanol–water partition coefficient (Wildman–Crippen LogP) is 2.22. The third-order valence-corrected chi connectivity index (χ3v) is 4.19. The quantitative estimate of drug-likeness (QED) is 0.601. The van der Waals surface area contributed by atoms with Crippen molar-refractivity contribution in [2.45, 2.75) is 58.7 Å². The van der Waals surface area contributed by atoms with Crippen molar-refractivity contribution < 1.29 is 24.2 Å². The van der Waals surface area contributed by atoms with E-state index in [2.05, 4.69) is 6.58 Å². The second kappa shape index (κ2) is 7.59. The van der Waals surface area contributed by atoms with E-state index in [1.54, 1.807) is 0 Å². The number of hydrogen-bond donors (Lipinski definition) is 1. The highest BCUT2D eigenvalue weighted by Crippen LogP contribution is 2.30. The normalized spacial score (nSPS) is 26.0. The second-order valence-electron chi connectivity index (χ2n) is 6.26. The molecule has 120 valence electrons. The number of rotatable bonds is 6. The summed E-state index contributed by atoms with van der Waals surface area (Å²) in [5, 5.41) is 10.00. The average molecular weight is 298 g/mol. The maximum absolute atomic E-state index is 12.1. The fourth-order valence-corrected chi connectivity index (χ4v) is 2.17. The molecule has 0 aromatic carbocycles. The zero-order valence-corrected chi connectivity index (χ0v) is 13.1. The van der Waals surface area contributed by atoms with Crippen molar-refractivity contribution >= 4 is 11.9 Å². The van der Waals surface area contributed by atoms with E-state index in [1.165, 1.54) is 0 Å². The highest BCUT2D eigenvalue weighted by Gasteiger charge is 2.36. The first kappa shape index (κ1) is 17.7. The summed E-state index contributed by atoms with van der Waals surface area (Å²) in [6.07, 6.45) is 2.43.